The topological polar surface area (TPSA) is 27.7 Å². The smallest absolute Gasteiger partial charge is 0.273 e. The minimum Gasteiger partial charge on any atom is -0.380 e. The van der Waals surface area contributed by atoms with Gasteiger partial charge in [0.05, 0.1) is 12.2 Å². The lowest BCUT2D eigenvalue weighted by Gasteiger charge is -2.36. The first-order valence-electron chi connectivity index (χ1n) is 8.73. The van der Waals surface area contributed by atoms with E-state index in [0.717, 1.165) is 31.4 Å². The number of halogens is 3. The van der Waals surface area contributed by atoms with Gasteiger partial charge in [0.2, 0.25) is 0 Å². The van der Waals surface area contributed by atoms with Crippen LogP contribution in [0.5, 0.6) is 0 Å². The fourth-order valence-corrected chi connectivity index (χ4v) is 3.06. The van der Waals surface area contributed by atoms with Crippen LogP contribution < -0.4 is 0 Å². The zero-order valence-electron chi connectivity index (χ0n) is 15.7. The molecular weight excluding hydrogens is 349 g/mol. The highest BCUT2D eigenvalue weighted by Gasteiger charge is 2.33. The van der Waals surface area contributed by atoms with Crippen molar-refractivity contribution in [3.63, 3.8) is 0 Å². The Labute approximate surface area is 151 Å². The highest BCUT2D eigenvalue weighted by Crippen LogP contribution is 2.26. The molecule has 0 aliphatic heterocycles. The molecule has 0 bridgehead atoms. The van der Waals surface area contributed by atoms with Gasteiger partial charge in [0.15, 0.2) is 27.9 Å². The van der Waals surface area contributed by atoms with E-state index < -0.39 is 23.4 Å². The Morgan fingerprint density at radius 2 is 1.44 bits per heavy atom. The number of benzene rings is 1. The fourth-order valence-electron chi connectivity index (χ4n) is 2.66. The van der Waals surface area contributed by atoms with E-state index in [1.54, 1.807) is 0 Å². The van der Waals surface area contributed by atoms with E-state index in [-0.39, 0.29) is 12.2 Å². The summed E-state index contributed by atoms with van der Waals surface area (Å²) in [4.78, 5) is 0. The second kappa shape index (κ2) is 10.3. The third-order valence-electron chi connectivity index (χ3n) is 3.63. The number of hydrogen-bond acceptors (Lipinski definition) is 3. The average molecular weight is 379 g/mol. The lowest BCUT2D eigenvalue weighted by Crippen LogP contribution is -2.42. The highest BCUT2D eigenvalue weighted by atomic mass is 28.2. The standard InChI is InChI=1S/C18H29F3O3Si/c1-12(2)22-18(24-25,23-13(3)4)9-7-5-6-8-14-10-15(19)17(21)16(20)11-14/h10-13H,5-9H2,1-4,25H3. The molecule has 1 rings (SSSR count). The molecular formula is C18H29F3O3Si. The van der Waals surface area contributed by atoms with Gasteiger partial charge in [0, 0.05) is 6.42 Å². The quantitative estimate of drug-likeness (QED) is 0.252. The molecule has 7 heteroatoms. The number of aryl methyl sites for hydroxylation is 1. The van der Waals surface area contributed by atoms with Crippen molar-refractivity contribution in [1.29, 1.82) is 0 Å². The molecule has 0 saturated carbocycles. The van der Waals surface area contributed by atoms with Crippen molar-refractivity contribution in [3.8, 4) is 0 Å². The van der Waals surface area contributed by atoms with E-state index in [2.05, 4.69) is 0 Å². The van der Waals surface area contributed by atoms with Gasteiger partial charge in [-0.25, -0.2) is 13.2 Å². The Kier molecular flexibility index (Phi) is 9.13. The molecule has 0 spiro atoms. The third kappa shape index (κ3) is 7.48. The van der Waals surface area contributed by atoms with E-state index in [0.29, 0.717) is 28.9 Å². The predicted octanol–water partition coefficient (Wildman–Crippen LogP) is 4.01. The molecule has 0 aliphatic carbocycles. The summed E-state index contributed by atoms with van der Waals surface area (Å²) in [6.07, 6.45) is 3.34. The molecule has 0 unspecified atom stereocenters. The molecule has 1 aromatic carbocycles. The molecule has 144 valence electrons. The van der Waals surface area contributed by atoms with Crippen molar-refractivity contribution < 1.29 is 27.1 Å². The molecule has 0 heterocycles. The van der Waals surface area contributed by atoms with Crippen LogP contribution in [-0.4, -0.2) is 28.7 Å². The van der Waals surface area contributed by atoms with Crippen LogP contribution in [0.1, 0.15) is 58.9 Å². The molecule has 0 N–H and O–H groups in total. The van der Waals surface area contributed by atoms with Gasteiger partial charge in [-0.3, -0.25) is 0 Å². The lowest BCUT2D eigenvalue weighted by atomic mass is 10.1. The van der Waals surface area contributed by atoms with Gasteiger partial charge in [-0.05, 0) is 64.7 Å². The summed E-state index contributed by atoms with van der Waals surface area (Å²) >= 11 is 0. The van der Waals surface area contributed by atoms with E-state index in [1.165, 1.54) is 0 Å². The second-order valence-electron chi connectivity index (χ2n) is 6.65. The van der Waals surface area contributed by atoms with Crippen LogP contribution in [0.15, 0.2) is 12.1 Å². The van der Waals surface area contributed by atoms with Crippen molar-refractivity contribution >= 4 is 10.5 Å². The number of ether oxygens (including phenoxy) is 2. The lowest BCUT2D eigenvalue weighted by molar-refractivity contribution is -0.369. The van der Waals surface area contributed by atoms with Gasteiger partial charge < -0.3 is 13.9 Å². The van der Waals surface area contributed by atoms with Crippen LogP contribution in [0.25, 0.3) is 0 Å². The molecule has 0 amide bonds. The van der Waals surface area contributed by atoms with Gasteiger partial charge in [-0.15, -0.1) is 0 Å². The summed E-state index contributed by atoms with van der Waals surface area (Å²) in [5.74, 6) is -4.74. The van der Waals surface area contributed by atoms with Crippen LogP contribution in [-0.2, 0) is 20.3 Å². The summed E-state index contributed by atoms with van der Waals surface area (Å²) in [5, 5.41) is 0. The van der Waals surface area contributed by atoms with E-state index in [1.807, 2.05) is 27.7 Å². The monoisotopic (exact) mass is 378 g/mol. The first kappa shape index (κ1) is 22.1. The summed E-state index contributed by atoms with van der Waals surface area (Å²) < 4.78 is 56.7. The van der Waals surface area contributed by atoms with Crippen LogP contribution in [0, 0.1) is 17.5 Å². The summed E-state index contributed by atoms with van der Waals surface area (Å²) in [6, 6.07) is 2.10. The molecule has 0 aliphatic rings. The molecule has 0 fully saturated rings. The van der Waals surface area contributed by atoms with Crippen molar-refractivity contribution in [3.05, 3.63) is 35.1 Å². The van der Waals surface area contributed by atoms with Gasteiger partial charge in [0.25, 0.3) is 5.97 Å². The minimum atomic E-state index is -1.42. The number of unbranched alkanes of at least 4 members (excludes halogenated alkanes) is 2. The summed E-state index contributed by atoms with van der Waals surface area (Å²) in [6.45, 7) is 7.71. The summed E-state index contributed by atoms with van der Waals surface area (Å²) in [7, 11) is 0.484. The Balaban J connectivity index is 2.51. The summed E-state index contributed by atoms with van der Waals surface area (Å²) in [5.41, 5.74) is 0.457. The Morgan fingerprint density at radius 1 is 0.920 bits per heavy atom. The molecule has 0 radical (unpaired) electrons. The molecule has 0 atom stereocenters. The van der Waals surface area contributed by atoms with Crippen molar-refractivity contribution in [2.75, 3.05) is 0 Å². The maximum Gasteiger partial charge on any atom is 0.273 e. The Bertz CT molecular complexity index is 505. The van der Waals surface area contributed by atoms with E-state index in [9.17, 15) is 13.2 Å². The predicted molar refractivity (Wildman–Crippen MR) is 94.7 cm³/mol. The van der Waals surface area contributed by atoms with Gasteiger partial charge in [-0.1, -0.05) is 6.42 Å². The molecule has 3 nitrogen and oxygen atoms in total. The Hall–Kier alpha value is -0.893. The maximum absolute atomic E-state index is 13.2. The van der Waals surface area contributed by atoms with Crippen LogP contribution in [0.2, 0.25) is 0 Å². The molecule has 25 heavy (non-hydrogen) atoms. The average Bonchev–Trinajstić information content (AvgIpc) is 2.50. The fraction of sp³-hybridized carbons (Fsp3) is 0.667. The van der Waals surface area contributed by atoms with E-state index >= 15 is 0 Å². The van der Waals surface area contributed by atoms with Crippen LogP contribution in [0.4, 0.5) is 13.2 Å². The Morgan fingerprint density at radius 3 is 1.88 bits per heavy atom. The zero-order chi connectivity index (χ0) is 19.0. The molecule has 0 saturated heterocycles. The molecule has 1 aromatic rings. The highest BCUT2D eigenvalue weighted by molar-refractivity contribution is 5.98. The largest absolute Gasteiger partial charge is 0.380 e. The van der Waals surface area contributed by atoms with Crippen LogP contribution in [0.3, 0.4) is 0 Å². The van der Waals surface area contributed by atoms with Crippen LogP contribution >= 0.6 is 0 Å². The van der Waals surface area contributed by atoms with Gasteiger partial charge >= 0.3 is 0 Å². The number of rotatable bonds is 11. The van der Waals surface area contributed by atoms with Crippen molar-refractivity contribution in [2.24, 2.45) is 0 Å². The van der Waals surface area contributed by atoms with Crippen molar-refractivity contribution in [2.45, 2.75) is 78.0 Å². The zero-order valence-corrected chi connectivity index (χ0v) is 17.7. The van der Waals surface area contributed by atoms with Crippen molar-refractivity contribution in [1.82, 2.24) is 0 Å². The first-order chi connectivity index (χ1) is 11.7. The van der Waals surface area contributed by atoms with Gasteiger partial charge in [0.1, 0.15) is 0 Å². The third-order valence-corrected chi connectivity index (χ3v) is 4.26. The maximum atomic E-state index is 13.2. The van der Waals surface area contributed by atoms with E-state index in [4.69, 9.17) is 13.9 Å². The minimum absolute atomic E-state index is 0.0298. The first-order valence-corrected chi connectivity index (χ1v) is 9.55. The number of hydrogen-bond donors (Lipinski definition) is 0. The second-order valence-corrected chi connectivity index (χ2v) is 7.06. The molecule has 0 aromatic heterocycles. The van der Waals surface area contributed by atoms with Gasteiger partial charge in [-0.2, -0.15) is 0 Å². The SMILES string of the molecule is CC(C)OC(CCCCCc1cc(F)c(F)c(F)c1)(O[SiH3])OC(C)C. The normalized spacial score (nSPS) is 12.5.